The molecule has 1 aliphatic rings. The molecule has 1 heterocycles. The summed E-state index contributed by atoms with van der Waals surface area (Å²) < 4.78 is 14.7. The first-order chi connectivity index (χ1) is 12.2. The highest BCUT2D eigenvalue weighted by Crippen LogP contribution is 2.38. The molecule has 0 saturated heterocycles. The molecule has 1 saturated carbocycles. The molecule has 2 heteroatoms. The summed E-state index contributed by atoms with van der Waals surface area (Å²) in [7, 11) is 0. The Kier molecular flexibility index (Phi) is 6.23. The Morgan fingerprint density at radius 1 is 0.920 bits per heavy atom. The van der Waals surface area contributed by atoms with Gasteiger partial charge in [-0.25, -0.2) is 4.98 Å². The molecule has 1 aliphatic carbocycles. The lowest BCUT2D eigenvalue weighted by atomic mass is 9.77. The van der Waals surface area contributed by atoms with E-state index in [1.807, 2.05) is 12.1 Å². The fraction of sp³-hybridized carbons (Fsp3) is 0.522. The molecule has 3 rings (SSSR count). The highest BCUT2D eigenvalue weighted by Gasteiger charge is 2.24. The summed E-state index contributed by atoms with van der Waals surface area (Å²) in [6.07, 6.45) is 9.49. The van der Waals surface area contributed by atoms with Crippen molar-refractivity contribution in [3.63, 3.8) is 0 Å². The van der Waals surface area contributed by atoms with Gasteiger partial charge in [0.05, 0.1) is 5.69 Å². The normalized spacial score (nSPS) is 20.6. The van der Waals surface area contributed by atoms with E-state index in [1.165, 1.54) is 31.2 Å². The van der Waals surface area contributed by atoms with E-state index in [-0.39, 0.29) is 5.95 Å². The molecule has 0 aliphatic heterocycles. The van der Waals surface area contributed by atoms with Gasteiger partial charge in [-0.2, -0.15) is 4.39 Å². The molecule has 2 aromatic rings. The molecule has 134 valence electrons. The van der Waals surface area contributed by atoms with Gasteiger partial charge >= 0.3 is 0 Å². The summed E-state index contributed by atoms with van der Waals surface area (Å²) in [5.41, 5.74) is 3.88. The third kappa shape index (κ3) is 4.48. The van der Waals surface area contributed by atoms with Gasteiger partial charge in [-0.1, -0.05) is 63.4 Å². The van der Waals surface area contributed by atoms with Gasteiger partial charge in [-0.3, -0.25) is 0 Å². The Bertz CT molecular complexity index is 669. The van der Waals surface area contributed by atoms with Crippen LogP contribution >= 0.6 is 0 Å². The molecule has 0 bridgehead atoms. The molecule has 0 amide bonds. The number of hydrogen-bond donors (Lipinski definition) is 0. The van der Waals surface area contributed by atoms with Gasteiger partial charge in [0.1, 0.15) is 0 Å². The SMILES string of the molecule is CCCc1ccc(-c2ccc(C3CCC(CCC)CC3)c(F)n2)cc1. The van der Waals surface area contributed by atoms with E-state index < -0.39 is 0 Å². The number of aromatic nitrogens is 1. The lowest BCUT2D eigenvalue weighted by Crippen LogP contribution is -2.14. The van der Waals surface area contributed by atoms with Gasteiger partial charge in [-0.05, 0) is 55.6 Å². The maximum atomic E-state index is 14.7. The van der Waals surface area contributed by atoms with E-state index in [0.717, 1.165) is 48.4 Å². The highest BCUT2D eigenvalue weighted by molar-refractivity contribution is 5.59. The second kappa shape index (κ2) is 8.60. The minimum atomic E-state index is -0.269. The first-order valence-corrected chi connectivity index (χ1v) is 9.97. The second-order valence-corrected chi connectivity index (χ2v) is 7.53. The second-order valence-electron chi connectivity index (χ2n) is 7.53. The standard InChI is InChI=1S/C23H30FN/c1-3-5-17-7-11-19(12-8-17)21-15-16-22(25-23(21)24)20-13-9-18(6-4-2)10-14-20/h9-10,13-17,19H,3-8,11-12H2,1-2H3. The van der Waals surface area contributed by atoms with Gasteiger partial charge in [0.2, 0.25) is 5.95 Å². The number of rotatable bonds is 6. The third-order valence-corrected chi connectivity index (χ3v) is 5.65. The number of aryl methyl sites for hydroxylation is 1. The predicted octanol–water partition coefficient (Wildman–Crippen LogP) is 6.91. The Hall–Kier alpha value is -1.70. The van der Waals surface area contributed by atoms with Gasteiger partial charge in [0.15, 0.2) is 0 Å². The molecule has 0 atom stereocenters. The van der Waals surface area contributed by atoms with Crippen LogP contribution in [0.25, 0.3) is 11.3 Å². The van der Waals surface area contributed by atoms with E-state index in [0.29, 0.717) is 5.92 Å². The van der Waals surface area contributed by atoms with Gasteiger partial charge < -0.3 is 0 Å². The molecular weight excluding hydrogens is 309 g/mol. The van der Waals surface area contributed by atoms with Crippen LogP contribution in [0.4, 0.5) is 4.39 Å². The maximum Gasteiger partial charge on any atom is 0.216 e. The Morgan fingerprint density at radius 2 is 1.64 bits per heavy atom. The zero-order valence-corrected chi connectivity index (χ0v) is 15.6. The van der Waals surface area contributed by atoms with Crippen LogP contribution < -0.4 is 0 Å². The van der Waals surface area contributed by atoms with Crippen molar-refractivity contribution >= 4 is 0 Å². The molecule has 1 nitrogen and oxygen atoms in total. The Labute approximate surface area is 151 Å². The van der Waals surface area contributed by atoms with Crippen molar-refractivity contribution < 1.29 is 4.39 Å². The van der Waals surface area contributed by atoms with Crippen LogP contribution in [-0.2, 0) is 6.42 Å². The quantitative estimate of drug-likeness (QED) is 0.521. The summed E-state index contributed by atoms with van der Waals surface area (Å²) in [6, 6.07) is 12.3. The summed E-state index contributed by atoms with van der Waals surface area (Å²) in [5, 5.41) is 0. The van der Waals surface area contributed by atoms with Gasteiger partial charge in [0.25, 0.3) is 0 Å². The fourth-order valence-corrected chi connectivity index (χ4v) is 4.21. The molecule has 0 spiro atoms. The van der Waals surface area contributed by atoms with E-state index in [9.17, 15) is 4.39 Å². The Balaban J connectivity index is 1.70. The van der Waals surface area contributed by atoms with Crippen molar-refractivity contribution in [3.05, 3.63) is 53.5 Å². The molecule has 0 unspecified atom stereocenters. The van der Waals surface area contributed by atoms with Crippen LogP contribution in [0.5, 0.6) is 0 Å². The molecule has 25 heavy (non-hydrogen) atoms. The van der Waals surface area contributed by atoms with Gasteiger partial charge in [0, 0.05) is 11.1 Å². The summed E-state index contributed by atoms with van der Waals surface area (Å²) in [5.74, 6) is 0.925. The number of halogens is 1. The molecule has 0 radical (unpaired) electrons. The largest absolute Gasteiger partial charge is 0.219 e. The summed E-state index contributed by atoms with van der Waals surface area (Å²) in [4.78, 5) is 4.28. The lowest BCUT2D eigenvalue weighted by Gasteiger charge is -2.28. The fourth-order valence-electron chi connectivity index (χ4n) is 4.21. The molecule has 1 aromatic carbocycles. The van der Waals surface area contributed by atoms with Crippen molar-refractivity contribution in [1.29, 1.82) is 0 Å². The average molecular weight is 339 g/mol. The smallest absolute Gasteiger partial charge is 0.216 e. The zero-order chi connectivity index (χ0) is 17.6. The molecular formula is C23H30FN. The number of hydrogen-bond acceptors (Lipinski definition) is 1. The van der Waals surface area contributed by atoms with Crippen LogP contribution in [0.2, 0.25) is 0 Å². The minimum Gasteiger partial charge on any atom is -0.219 e. The van der Waals surface area contributed by atoms with Crippen molar-refractivity contribution in [2.24, 2.45) is 5.92 Å². The summed E-state index contributed by atoms with van der Waals surface area (Å²) in [6.45, 7) is 4.43. The topological polar surface area (TPSA) is 12.9 Å². The third-order valence-electron chi connectivity index (χ3n) is 5.65. The van der Waals surface area contributed by atoms with Crippen LogP contribution in [0.1, 0.15) is 75.8 Å². The maximum absolute atomic E-state index is 14.7. The van der Waals surface area contributed by atoms with Crippen molar-refractivity contribution in [1.82, 2.24) is 4.98 Å². The first-order valence-electron chi connectivity index (χ1n) is 9.97. The average Bonchev–Trinajstić information content (AvgIpc) is 2.64. The molecule has 1 fully saturated rings. The zero-order valence-electron chi connectivity index (χ0n) is 15.6. The lowest BCUT2D eigenvalue weighted by molar-refractivity contribution is 0.303. The highest BCUT2D eigenvalue weighted by atomic mass is 19.1. The molecule has 1 aromatic heterocycles. The molecule has 0 N–H and O–H groups in total. The minimum absolute atomic E-state index is 0.269. The van der Waals surface area contributed by atoms with Crippen molar-refractivity contribution in [3.8, 4) is 11.3 Å². The van der Waals surface area contributed by atoms with E-state index in [1.54, 1.807) is 0 Å². The van der Waals surface area contributed by atoms with Crippen LogP contribution in [-0.4, -0.2) is 4.98 Å². The van der Waals surface area contributed by atoms with Crippen LogP contribution in [0.15, 0.2) is 36.4 Å². The van der Waals surface area contributed by atoms with Crippen LogP contribution in [0.3, 0.4) is 0 Å². The monoisotopic (exact) mass is 339 g/mol. The number of pyridine rings is 1. The van der Waals surface area contributed by atoms with Gasteiger partial charge in [-0.15, -0.1) is 0 Å². The van der Waals surface area contributed by atoms with Crippen molar-refractivity contribution in [2.75, 3.05) is 0 Å². The van der Waals surface area contributed by atoms with E-state index in [2.05, 4.69) is 43.1 Å². The van der Waals surface area contributed by atoms with Crippen molar-refractivity contribution in [2.45, 2.75) is 71.1 Å². The number of benzene rings is 1. The Morgan fingerprint density at radius 3 is 2.24 bits per heavy atom. The van der Waals surface area contributed by atoms with E-state index in [4.69, 9.17) is 0 Å². The summed E-state index contributed by atoms with van der Waals surface area (Å²) >= 11 is 0. The van der Waals surface area contributed by atoms with Crippen LogP contribution in [0, 0.1) is 11.9 Å². The predicted molar refractivity (Wildman–Crippen MR) is 103 cm³/mol. The number of nitrogens with zero attached hydrogens (tertiary/aromatic N) is 1. The van der Waals surface area contributed by atoms with E-state index >= 15 is 0 Å². The first kappa shape index (κ1) is 18.1.